The number of nitrogens with zero attached hydrogens (tertiary/aromatic N) is 1. The van der Waals surface area contributed by atoms with Gasteiger partial charge in [-0.1, -0.05) is 6.07 Å². The Morgan fingerprint density at radius 1 is 1.29 bits per heavy atom. The number of hydrogen-bond donors (Lipinski definition) is 1. The fraction of sp³-hybridized carbons (Fsp3) is 0.500. The van der Waals surface area contributed by atoms with Crippen LogP contribution in [0.3, 0.4) is 0 Å². The van der Waals surface area contributed by atoms with E-state index in [0.29, 0.717) is 12.1 Å². The minimum Gasteiger partial charge on any atom is -0.395 e. The smallest absolute Gasteiger partial charge is 0.254 e. The molecule has 94 valence electrons. The number of rotatable bonds is 4. The monoisotopic (exact) mass is 235 g/mol. The Labute approximate surface area is 103 Å². The highest BCUT2D eigenvalue weighted by Crippen LogP contribution is 2.13. The van der Waals surface area contributed by atoms with Crippen molar-refractivity contribution in [1.82, 2.24) is 4.90 Å². The number of carbonyl (C=O) groups excluding carboxylic acids is 1. The highest BCUT2D eigenvalue weighted by atomic mass is 16.3. The summed E-state index contributed by atoms with van der Waals surface area (Å²) in [5.74, 6) is -0.0165. The van der Waals surface area contributed by atoms with Crippen molar-refractivity contribution < 1.29 is 9.90 Å². The van der Waals surface area contributed by atoms with E-state index in [1.165, 1.54) is 5.56 Å². The van der Waals surface area contributed by atoms with Gasteiger partial charge in [-0.05, 0) is 51.0 Å². The average Bonchev–Trinajstić information content (AvgIpc) is 2.28. The third-order valence-electron chi connectivity index (χ3n) is 2.98. The molecule has 3 heteroatoms. The lowest BCUT2D eigenvalue weighted by Gasteiger charge is -2.26. The first-order valence-corrected chi connectivity index (χ1v) is 5.96. The van der Waals surface area contributed by atoms with Gasteiger partial charge in [-0.2, -0.15) is 0 Å². The van der Waals surface area contributed by atoms with Gasteiger partial charge in [0.2, 0.25) is 0 Å². The molecule has 0 bridgehead atoms. The molecule has 3 nitrogen and oxygen atoms in total. The summed E-state index contributed by atoms with van der Waals surface area (Å²) in [6.45, 7) is 8.30. The highest BCUT2D eigenvalue weighted by Gasteiger charge is 2.18. The number of aliphatic hydroxyl groups is 1. The van der Waals surface area contributed by atoms with Gasteiger partial charge in [-0.3, -0.25) is 4.79 Å². The Hall–Kier alpha value is -1.35. The van der Waals surface area contributed by atoms with Gasteiger partial charge in [0, 0.05) is 18.2 Å². The number of benzene rings is 1. The van der Waals surface area contributed by atoms with Crippen LogP contribution in [0.4, 0.5) is 0 Å². The van der Waals surface area contributed by atoms with E-state index in [0.717, 1.165) is 5.56 Å². The Morgan fingerprint density at radius 2 is 1.94 bits per heavy atom. The van der Waals surface area contributed by atoms with E-state index < -0.39 is 0 Å². The van der Waals surface area contributed by atoms with Gasteiger partial charge in [0.25, 0.3) is 5.91 Å². The summed E-state index contributed by atoms with van der Waals surface area (Å²) in [6.07, 6.45) is 0. The van der Waals surface area contributed by atoms with Crippen LogP contribution in [0.5, 0.6) is 0 Å². The van der Waals surface area contributed by atoms with E-state index in [9.17, 15) is 4.79 Å². The van der Waals surface area contributed by atoms with Crippen LogP contribution < -0.4 is 0 Å². The van der Waals surface area contributed by atoms with Crippen molar-refractivity contribution in [2.75, 3.05) is 13.2 Å². The molecule has 0 saturated heterocycles. The lowest BCUT2D eigenvalue weighted by atomic mass is 10.1. The van der Waals surface area contributed by atoms with Gasteiger partial charge in [0.1, 0.15) is 0 Å². The Balaban J connectivity index is 2.97. The number of carbonyl (C=O) groups is 1. The van der Waals surface area contributed by atoms with E-state index in [1.807, 2.05) is 45.9 Å². The van der Waals surface area contributed by atoms with Crippen molar-refractivity contribution in [3.05, 3.63) is 34.9 Å². The fourth-order valence-corrected chi connectivity index (χ4v) is 1.74. The van der Waals surface area contributed by atoms with E-state index in [2.05, 4.69) is 0 Å². The normalized spacial score (nSPS) is 10.7. The molecule has 0 aliphatic heterocycles. The number of aryl methyl sites for hydroxylation is 2. The Bertz CT molecular complexity index is 399. The number of aliphatic hydroxyl groups excluding tert-OH is 1. The van der Waals surface area contributed by atoms with E-state index >= 15 is 0 Å². The topological polar surface area (TPSA) is 40.5 Å². The first kappa shape index (κ1) is 13.7. The van der Waals surface area contributed by atoms with Crippen LogP contribution in [0.2, 0.25) is 0 Å². The molecule has 1 aromatic carbocycles. The van der Waals surface area contributed by atoms with Crippen molar-refractivity contribution in [2.45, 2.75) is 33.7 Å². The zero-order valence-corrected chi connectivity index (χ0v) is 11.0. The standard InChI is InChI=1S/C14H21NO2/c1-10(2)15(7-8-16)14(17)13-6-5-11(3)12(4)9-13/h5-6,9-10,16H,7-8H2,1-4H3. The van der Waals surface area contributed by atoms with Crippen LogP contribution in [0.1, 0.15) is 35.3 Å². The molecule has 0 heterocycles. The molecule has 17 heavy (non-hydrogen) atoms. The van der Waals surface area contributed by atoms with Gasteiger partial charge in [-0.15, -0.1) is 0 Å². The molecule has 0 fully saturated rings. The van der Waals surface area contributed by atoms with Crippen LogP contribution in [-0.4, -0.2) is 35.1 Å². The summed E-state index contributed by atoms with van der Waals surface area (Å²) in [5, 5.41) is 8.99. The van der Waals surface area contributed by atoms with Crippen molar-refractivity contribution in [1.29, 1.82) is 0 Å². The Morgan fingerprint density at radius 3 is 2.41 bits per heavy atom. The van der Waals surface area contributed by atoms with E-state index in [4.69, 9.17) is 5.11 Å². The Kier molecular flexibility index (Phi) is 4.70. The second kappa shape index (κ2) is 5.82. The minimum atomic E-state index is -0.0165. The molecule has 1 aromatic rings. The fourth-order valence-electron chi connectivity index (χ4n) is 1.74. The first-order chi connectivity index (χ1) is 7.97. The maximum Gasteiger partial charge on any atom is 0.254 e. The predicted octanol–water partition coefficient (Wildman–Crippen LogP) is 2.15. The molecule has 0 spiro atoms. The van der Waals surface area contributed by atoms with Crippen molar-refractivity contribution in [3.8, 4) is 0 Å². The van der Waals surface area contributed by atoms with Crippen molar-refractivity contribution >= 4 is 5.91 Å². The third-order valence-corrected chi connectivity index (χ3v) is 2.98. The molecule has 0 atom stereocenters. The quantitative estimate of drug-likeness (QED) is 0.868. The highest BCUT2D eigenvalue weighted by molar-refractivity contribution is 5.94. The van der Waals surface area contributed by atoms with Crippen molar-refractivity contribution in [2.24, 2.45) is 0 Å². The van der Waals surface area contributed by atoms with Gasteiger partial charge >= 0.3 is 0 Å². The third kappa shape index (κ3) is 3.30. The second-order valence-corrected chi connectivity index (χ2v) is 4.61. The molecule has 0 aliphatic carbocycles. The molecular formula is C14H21NO2. The molecule has 0 radical (unpaired) electrons. The largest absolute Gasteiger partial charge is 0.395 e. The second-order valence-electron chi connectivity index (χ2n) is 4.61. The van der Waals surface area contributed by atoms with Gasteiger partial charge in [0.05, 0.1) is 6.61 Å². The van der Waals surface area contributed by atoms with Crippen molar-refractivity contribution in [3.63, 3.8) is 0 Å². The summed E-state index contributed by atoms with van der Waals surface area (Å²) < 4.78 is 0. The molecule has 1 rings (SSSR count). The van der Waals surface area contributed by atoms with Crippen LogP contribution in [0.15, 0.2) is 18.2 Å². The van der Waals surface area contributed by atoms with Crippen LogP contribution >= 0.6 is 0 Å². The predicted molar refractivity (Wildman–Crippen MR) is 69.2 cm³/mol. The lowest BCUT2D eigenvalue weighted by Crippen LogP contribution is -2.39. The van der Waals surface area contributed by atoms with E-state index in [-0.39, 0.29) is 18.6 Å². The van der Waals surface area contributed by atoms with Gasteiger partial charge < -0.3 is 10.0 Å². The molecule has 1 N–H and O–H groups in total. The molecule has 1 amide bonds. The maximum absolute atomic E-state index is 12.3. The molecule has 0 saturated carbocycles. The summed E-state index contributed by atoms with van der Waals surface area (Å²) in [7, 11) is 0. The zero-order valence-electron chi connectivity index (χ0n) is 11.0. The number of hydrogen-bond acceptors (Lipinski definition) is 2. The maximum atomic E-state index is 12.3. The summed E-state index contributed by atoms with van der Waals surface area (Å²) >= 11 is 0. The summed E-state index contributed by atoms with van der Waals surface area (Å²) in [6, 6.07) is 5.80. The van der Waals surface area contributed by atoms with Crippen LogP contribution in [-0.2, 0) is 0 Å². The molecule has 0 aromatic heterocycles. The molecular weight excluding hydrogens is 214 g/mol. The zero-order chi connectivity index (χ0) is 13.0. The van der Waals surface area contributed by atoms with Crippen LogP contribution in [0.25, 0.3) is 0 Å². The van der Waals surface area contributed by atoms with Crippen LogP contribution in [0, 0.1) is 13.8 Å². The first-order valence-electron chi connectivity index (χ1n) is 5.96. The lowest BCUT2D eigenvalue weighted by molar-refractivity contribution is 0.0665. The van der Waals surface area contributed by atoms with E-state index in [1.54, 1.807) is 4.90 Å². The summed E-state index contributed by atoms with van der Waals surface area (Å²) in [4.78, 5) is 13.9. The molecule has 0 unspecified atom stereocenters. The summed E-state index contributed by atoms with van der Waals surface area (Å²) in [5.41, 5.74) is 2.98. The molecule has 0 aliphatic rings. The SMILES string of the molecule is Cc1ccc(C(=O)N(CCO)C(C)C)cc1C. The number of amides is 1. The average molecular weight is 235 g/mol. The van der Waals surface area contributed by atoms with Gasteiger partial charge in [0.15, 0.2) is 0 Å². The minimum absolute atomic E-state index is 0.00519. The van der Waals surface area contributed by atoms with Gasteiger partial charge in [-0.25, -0.2) is 0 Å².